The highest BCUT2D eigenvalue weighted by Gasteiger charge is 2.05. The second-order valence-corrected chi connectivity index (χ2v) is 6.37. The van der Waals surface area contributed by atoms with Crippen molar-refractivity contribution in [2.24, 2.45) is 0 Å². The Morgan fingerprint density at radius 1 is 0.909 bits per heavy atom. The largest absolute Gasteiger partial charge is 0.326 e. The van der Waals surface area contributed by atoms with Crippen LogP contribution in [0, 0.1) is 13.8 Å². The lowest BCUT2D eigenvalue weighted by Crippen LogP contribution is -2.12. The number of nitrogens with one attached hydrogen (secondary N) is 1. The van der Waals surface area contributed by atoms with Crippen molar-refractivity contribution in [1.29, 1.82) is 0 Å². The monoisotopic (exact) mass is 303 g/mol. The van der Waals surface area contributed by atoms with E-state index in [9.17, 15) is 4.79 Å². The number of rotatable bonds is 11. The van der Waals surface area contributed by atoms with Crippen LogP contribution >= 0.6 is 0 Å². The van der Waals surface area contributed by atoms with Gasteiger partial charge in [-0.1, -0.05) is 70.4 Å². The molecular formula is C20H33NO. The summed E-state index contributed by atoms with van der Waals surface area (Å²) in [6.45, 7) is 6.39. The number of hydrogen-bond donors (Lipinski definition) is 1. The second kappa shape index (κ2) is 11.3. The van der Waals surface area contributed by atoms with E-state index in [2.05, 4.69) is 32.2 Å². The summed E-state index contributed by atoms with van der Waals surface area (Å²) in [7, 11) is 0. The average Bonchev–Trinajstić information content (AvgIpc) is 2.50. The zero-order valence-corrected chi connectivity index (χ0v) is 14.7. The summed E-state index contributed by atoms with van der Waals surface area (Å²) in [6, 6.07) is 6.05. The Bertz CT molecular complexity index is 439. The molecule has 124 valence electrons. The number of carbonyl (C=O) groups is 1. The average molecular weight is 303 g/mol. The third-order valence-corrected chi connectivity index (χ3v) is 4.39. The lowest BCUT2D eigenvalue weighted by atomic mass is 10.1. The summed E-state index contributed by atoms with van der Waals surface area (Å²) in [5.74, 6) is 0.150. The van der Waals surface area contributed by atoms with Crippen LogP contribution in [0.2, 0.25) is 0 Å². The predicted octanol–water partition coefficient (Wildman–Crippen LogP) is 6.16. The zero-order chi connectivity index (χ0) is 16.2. The predicted molar refractivity (Wildman–Crippen MR) is 96.4 cm³/mol. The highest BCUT2D eigenvalue weighted by Crippen LogP contribution is 2.18. The maximum absolute atomic E-state index is 12.0. The first kappa shape index (κ1) is 18.7. The minimum atomic E-state index is 0.150. The van der Waals surface area contributed by atoms with E-state index in [4.69, 9.17) is 0 Å². The fourth-order valence-corrected chi connectivity index (χ4v) is 2.70. The molecule has 0 aromatic heterocycles. The summed E-state index contributed by atoms with van der Waals surface area (Å²) in [6.07, 6.45) is 12.2. The number of anilines is 1. The summed E-state index contributed by atoms with van der Waals surface area (Å²) in [5, 5.41) is 3.04. The van der Waals surface area contributed by atoms with Gasteiger partial charge < -0.3 is 5.32 Å². The van der Waals surface area contributed by atoms with Crippen molar-refractivity contribution in [3.63, 3.8) is 0 Å². The molecule has 2 nitrogen and oxygen atoms in total. The SMILES string of the molecule is CCCCCCCCCCCC(=O)Nc1cccc(C)c1C. The van der Waals surface area contributed by atoms with Gasteiger partial charge in [0.1, 0.15) is 0 Å². The molecule has 22 heavy (non-hydrogen) atoms. The Labute approximate surface area is 136 Å². The molecule has 0 saturated carbocycles. The van der Waals surface area contributed by atoms with Gasteiger partial charge in [-0.05, 0) is 37.5 Å². The highest BCUT2D eigenvalue weighted by molar-refractivity contribution is 5.91. The van der Waals surface area contributed by atoms with Gasteiger partial charge in [0.05, 0.1) is 0 Å². The van der Waals surface area contributed by atoms with E-state index in [1.54, 1.807) is 0 Å². The lowest BCUT2D eigenvalue weighted by Gasteiger charge is -2.10. The van der Waals surface area contributed by atoms with Crippen molar-refractivity contribution in [2.75, 3.05) is 5.32 Å². The molecule has 1 aromatic rings. The molecule has 0 atom stereocenters. The van der Waals surface area contributed by atoms with Crippen molar-refractivity contribution >= 4 is 11.6 Å². The number of unbranched alkanes of at least 4 members (excludes halogenated alkanes) is 8. The van der Waals surface area contributed by atoms with Crippen LogP contribution in [-0.2, 0) is 4.79 Å². The minimum absolute atomic E-state index is 0.150. The third-order valence-electron chi connectivity index (χ3n) is 4.39. The zero-order valence-electron chi connectivity index (χ0n) is 14.7. The molecule has 0 aliphatic rings. The van der Waals surface area contributed by atoms with Crippen molar-refractivity contribution in [3.05, 3.63) is 29.3 Å². The molecule has 0 aliphatic heterocycles. The van der Waals surface area contributed by atoms with Crippen molar-refractivity contribution < 1.29 is 4.79 Å². The van der Waals surface area contributed by atoms with Crippen LogP contribution in [0.4, 0.5) is 5.69 Å². The highest BCUT2D eigenvalue weighted by atomic mass is 16.1. The topological polar surface area (TPSA) is 29.1 Å². The number of carbonyl (C=O) groups excluding carboxylic acids is 1. The Morgan fingerprint density at radius 3 is 2.14 bits per heavy atom. The van der Waals surface area contributed by atoms with E-state index in [0.717, 1.165) is 12.1 Å². The van der Waals surface area contributed by atoms with Gasteiger partial charge in [-0.15, -0.1) is 0 Å². The van der Waals surface area contributed by atoms with Gasteiger partial charge in [0.2, 0.25) is 5.91 Å². The fraction of sp³-hybridized carbons (Fsp3) is 0.650. The molecule has 0 spiro atoms. The van der Waals surface area contributed by atoms with E-state index in [1.807, 2.05) is 12.1 Å². The molecule has 0 saturated heterocycles. The first-order valence-electron chi connectivity index (χ1n) is 9.01. The van der Waals surface area contributed by atoms with E-state index in [0.29, 0.717) is 6.42 Å². The molecule has 1 N–H and O–H groups in total. The first-order valence-corrected chi connectivity index (χ1v) is 9.01. The summed E-state index contributed by atoms with van der Waals surface area (Å²) >= 11 is 0. The standard InChI is InChI=1S/C20H33NO/c1-4-5-6-7-8-9-10-11-12-16-20(22)21-19-15-13-14-17(2)18(19)3/h13-15H,4-12,16H2,1-3H3,(H,21,22). The molecule has 1 rings (SSSR count). The maximum atomic E-state index is 12.0. The maximum Gasteiger partial charge on any atom is 0.224 e. The van der Waals surface area contributed by atoms with Gasteiger partial charge in [-0.25, -0.2) is 0 Å². The van der Waals surface area contributed by atoms with Crippen molar-refractivity contribution in [3.8, 4) is 0 Å². The quantitative estimate of drug-likeness (QED) is 0.487. The Balaban J connectivity index is 2.08. The van der Waals surface area contributed by atoms with E-state index < -0.39 is 0 Å². The molecule has 0 unspecified atom stereocenters. The molecule has 0 radical (unpaired) electrons. The summed E-state index contributed by atoms with van der Waals surface area (Å²) in [4.78, 5) is 12.0. The Kier molecular flexibility index (Phi) is 9.61. The molecular weight excluding hydrogens is 270 g/mol. The normalized spacial score (nSPS) is 10.7. The molecule has 1 amide bonds. The minimum Gasteiger partial charge on any atom is -0.326 e. The van der Waals surface area contributed by atoms with Crippen molar-refractivity contribution in [1.82, 2.24) is 0 Å². The van der Waals surface area contributed by atoms with Crippen LogP contribution in [0.1, 0.15) is 82.3 Å². The molecule has 1 aromatic carbocycles. The second-order valence-electron chi connectivity index (χ2n) is 6.37. The van der Waals surface area contributed by atoms with E-state index >= 15 is 0 Å². The smallest absolute Gasteiger partial charge is 0.224 e. The fourth-order valence-electron chi connectivity index (χ4n) is 2.70. The van der Waals surface area contributed by atoms with Gasteiger partial charge >= 0.3 is 0 Å². The van der Waals surface area contributed by atoms with Gasteiger partial charge in [0, 0.05) is 12.1 Å². The van der Waals surface area contributed by atoms with Gasteiger partial charge in [0.15, 0.2) is 0 Å². The number of hydrogen-bond acceptors (Lipinski definition) is 1. The lowest BCUT2D eigenvalue weighted by molar-refractivity contribution is -0.116. The van der Waals surface area contributed by atoms with Gasteiger partial charge in [0.25, 0.3) is 0 Å². The van der Waals surface area contributed by atoms with Crippen LogP contribution in [0.15, 0.2) is 18.2 Å². The molecule has 0 heterocycles. The van der Waals surface area contributed by atoms with Crippen LogP contribution < -0.4 is 5.32 Å². The van der Waals surface area contributed by atoms with Crippen LogP contribution in [0.5, 0.6) is 0 Å². The molecule has 0 bridgehead atoms. The number of aryl methyl sites for hydroxylation is 1. The number of benzene rings is 1. The summed E-state index contributed by atoms with van der Waals surface area (Å²) in [5.41, 5.74) is 3.35. The van der Waals surface area contributed by atoms with E-state index in [-0.39, 0.29) is 5.91 Å². The van der Waals surface area contributed by atoms with Gasteiger partial charge in [-0.2, -0.15) is 0 Å². The van der Waals surface area contributed by atoms with Crippen LogP contribution in [0.25, 0.3) is 0 Å². The van der Waals surface area contributed by atoms with E-state index in [1.165, 1.54) is 62.5 Å². The van der Waals surface area contributed by atoms with Crippen LogP contribution in [0.3, 0.4) is 0 Å². The van der Waals surface area contributed by atoms with Crippen LogP contribution in [-0.4, -0.2) is 5.91 Å². The molecule has 2 heteroatoms. The first-order chi connectivity index (χ1) is 10.6. The van der Waals surface area contributed by atoms with Crippen molar-refractivity contribution in [2.45, 2.75) is 85.0 Å². The summed E-state index contributed by atoms with van der Waals surface area (Å²) < 4.78 is 0. The molecule has 0 fully saturated rings. The Morgan fingerprint density at radius 2 is 1.50 bits per heavy atom. The molecule has 0 aliphatic carbocycles. The third kappa shape index (κ3) is 7.63. The van der Waals surface area contributed by atoms with Gasteiger partial charge in [-0.3, -0.25) is 4.79 Å². The number of amides is 1. The Hall–Kier alpha value is -1.31.